The number of methoxy groups -OCH3 is 1. The fourth-order valence-electron chi connectivity index (χ4n) is 2.27. The Labute approximate surface area is 117 Å². The van der Waals surface area contributed by atoms with Gasteiger partial charge in [0.25, 0.3) is 0 Å². The third-order valence-corrected chi connectivity index (χ3v) is 3.33. The van der Waals surface area contributed by atoms with Gasteiger partial charge in [-0.3, -0.25) is 0 Å². The highest BCUT2D eigenvalue weighted by molar-refractivity contribution is 7.80. The Hall–Kier alpha value is -1.18. The van der Waals surface area contributed by atoms with Crippen molar-refractivity contribution in [2.24, 2.45) is 0 Å². The zero-order valence-corrected chi connectivity index (χ0v) is 12.2. The number of carbonyl (C=O) groups excluding carboxylic acids is 1. The van der Waals surface area contributed by atoms with E-state index in [-0.39, 0.29) is 12.1 Å². The quantitative estimate of drug-likeness (QED) is 0.563. The van der Waals surface area contributed by atoms with Gasteiger partial charge in [0.2, 0.25) is 0 Å². The minimum absolute atomic E-state index is 0.293. The van der Waals surface area contributed by atoms with Crippen LogP contribution in [0.2, 0.25) is 0 Å². The van der Waals surface area contributed by atoms with Crippen molar-refractivity contribution in [3.05, 3.63) is 11.3 Å². The summed E-state index contributed by atoms with van der Waals surface area (Å²) in [6.07, 6.45) is -0.293. The molecule has 1 saturated heterocycles. The van der Waals surface area contributed by atoms with Gasteiger partial charge in [0.05, 0.1) is 25.3 Å². The first-order valence-electron chi connectivity index (χ1n) is 6.02. The Morgan fingerprint density at radius 3 is 2.74 bits per heavy atom. The van der Waals surface area contributed by atoms with E-state index in [1.807, 2.05) is 13.8 Å². The van der Waals surface area contributed by atoms with E-state index in [4.69, 9.17) is 26.4 Å². The Balaban J connectivity index is 2.28. The van der Waals surface area contributed by atoms with Crippen molar-refractivity contribution < 1.29 is 19.0 Å². The molecule has 106 valence electrons. The number of ether oxygens (including phenoxy) is 3. The van der Waals surface area contributed by atoms with Crippen LogP contribution in [0.1, 0.15) is 20.8 Å². The SMILES string of the molecule is COC(=O)C1=C(C)NC(=S)N[C@H]1[C@H]1COC(C)(C)O1. The summed E-state index contributed by atoms with van der Waals surface area (Å²) in [5, 5.41) is 6.43. The molecule has 0 aromatic rings. The smallest absolute Gasteiger partial charge is 0.337 e. The van der Waals surface area contributed by atoms with Crippen LogP contribution in [0.15, 0.2) is 11.3 Å². The molecule has 6 nitrogen and oxygen atoms in total. The highest BCUT2D eigenvalue weighted by Crippen LogP contribution is 2.28. The zero-order chi connectivity index (χ0) is 14.2. The summed E-state index contributed by atoms with van der Waals surface area (Å²) >= 11 is 5.12. The Morgan fingerprint density at radius 2 is 2.21 bits per heavy atom. The maximum Gasteiger partial charge on any atom is 0.337 e. The Kier molecular flexibility index (Phi) is 3.80. The number of hydrogen-bond donors (Lipinski definition) is 2. The minimum Gasteiger partial charge on any atom is -0.466 e. The standard InChI is InChI=1S/C12H18N2O4S/c1-6-8(10(15)16-4)9(14-11(19)13-6)7-5-17-12(2,3)18-7/h7,9H,5H2,1-4H3,(H2,13,14,19)/t7-,9+/m1/s1. The first-order valence-corrected chi connectivity index (χ1v) is 6.43. The van der Waals surface area contributed by atoms with E-state index in [0.717, 1.165) is 0 Å². The fraction of sp³-hybridized carbons (Fsp3) is 0.667. The van der Waals surface area contributed by atoms with Crippen molar-refractivity contribution in [2.75, 3.05) is 13.7 Å². The molecule has 2 heterocycles. The third kappa shape index (κ3) is 2.88. The second-order valence-corrected chi connectivity index (χ2v) is 5.38. The van der Waals surface area contributed by atoms with Crippen molar-refractivity contribution in [3.63, 3.8) is 0 Å². The van der Waals surface area contributed by atoms with E-state index in [1.54, 1.807) is 6.92 Å². The number of esters is 1. The summed E-state index contributed by atoms with van der Waals surface area (Å²) in [7, 11) is 1.35. The summed E-state index contributed by atoms with van der Waals surface area (Å²) in [4.78, 5) is 11.9. The maximum absolute atomic E-state index is 11.9. The molecule has 19 heavy (non-hydrogen) atoms. The molecule has 0 unspecified atom stereocenters. The second kappa shape index (κ2) is 5.07. The van der Waals surface area contributed by atoms with Crippen molar-refractivity contribution in [1.82, 2.24) is 10.6 Å². The molecule has 0 radical (unpaired) electrons. The van der Waals surface area contributed by atoms with E-state index in [1.165, 1.54) is 7.11 Å². The Bertz CT molecular complexity index is 447. The number of carbonyl (C=O) groups is 1. The summed E-state index contributed by atoms with van der Waals surface area (Å²) in [5.74, 6) is -1.06. The lowest BCUT2D eigenvalue weighted by Gasteiger charge is -2.32. The van der Waals surface area contributed by atoms with Gasteiger partial charge < -0.3 is 24.8 Å². The molecule has 1 fully saturated rings. The highest BCUT2D eigenvalue weighted by Gasteiger charge is 2.43. The lowest BCUT2D eigenvalue weighted by molar-refractivity contribution is -0.144. The molecule has 2 rings (SSSR count). The molecule has 2 aliphatic heterocycles. The molecule has 0 spiro atoms. The average molecular weight is 286 g/mol. The summed E-state index contributed by atoms with van der Waals surface area (Å²) in [6, 6.07) is -0.372. The van der Waals surface area contributed by atoms with Crippen molar-refractivity contribution >= 4 is 23.3 Å². The molecule has 0 amide bonds. The molecule has 7 heteroatoms. The third-order valence-electron chi connectivity index (χ3n) is 3.11. The van der Waals surface area contributed by atoms with Crippen LogP contribution in [-0.4, -0.2) is 42.7 Å². The van der Waals surface area contributed by atoms with Gasteiger partial charge in [0.1, 0.15) is 6.10 Å². The normalized spacial score (nSPS) is 29.8. The van der Waals surface area contributed by atoms with Crippen LogP contribution in [0.4, 0.5) is 0 Å². The van der Waals surface area contributed by atoms with Gasteiger partial charge in [-0.2, -0.15) is 0 Å². The number of allylic oxidation sites excluding steroid dienone is 1. The molecule has 2 N–H and O–H groups in total. The van der Waals surface area contributed by atoms with Crippen LogP contribution >= 0.6 is 12.2 Å². The van der Waals surface area contributed by atoms with Gasteiger partial charge in [0.15, 0.2) is 10.9 Å². The van der Waals surface area contributed by atoms with Crippen molar-refractivity contribution in [2.45, 2.75) is 38.7 Å². The second-order valence-electron chi connectivity index (χ2n) is 4.97. The molecular weight excluding hydrogens is 268 g/mol. The van der Waals surface area contributed by atoms with Gasteiger partial charge in [-0.05, 0) is 33.0 Å². The predicted octanol–water partition coefficient (Wildman–Crippen LogP) is 0.431. The summed E-state index contributed by atoms with van der Waals surface area (Å²) in [5.41, 5.74) is 1.16. The van der Waals surface area contributed by atoms with Gasteiger partial charge in [-0.15, -0.1) is 0 Å². The van der Waals surface area contributed by atoms with E-state index in [9.17, 15) is 4.79 Å². The number of thiocarbonyl (C=S) groups is 1. The number of nitrogens with one attached hydrogen (secondary N) is 2. The monoisotopic (exact) mass is 286 g/mol. The molecule has 2 atom stereocenters. The van der Waals surface area contributed by atoms with Crippen LogP contribution in [0.25, 0.3) is 0 Å². The van der Waals surface area contributed by atoms with Crippen LogP contribution < -0.4 is 10.6 Å². The van der Waals surface area contributed by atoms with Crippen LogP contribution in [0, 0.1) is 0 Å². The minimum atomic E-state index is -0.659. The lowest BCUT2D eigenvalue weighted by atomic mass is 9.98. The van der Waals surface area contributed by atoms with Crippen molar-refractivity contribution in [1.29, 1.82) is 0 Å². The van der Waals surface area contributed by atoms with E-state index >= 15 is 0 Å². The topological polar surface area (TPSA) is 68.8 Å². The first-order chi connectivity index (χ1) is 8.84. The van der Waals surface area contributed by atoms with Gasteiger partial charge in [-0.1, -0.05) is 0 Å². The maximum atomic E-state index is 11.9. The average Bonchev–Trinajstić information content (AvgIpc) is 2.67. The molecule has 0 saturated carbocycles. The van der Waals surface area contributed by atoms with E-state index in [2.05, 4.69) is 10.6 Å². The first kappa shape index (κ1) is 14.2. The number of rotatable bonds is 2. The van der Waals surface area contributed by atoms with Gasteiger partial charge in [0, 0.05) is 5.70 Å². The molecule has 0 aromatic carbocycles. The van der Waals surface area contributed by atoms with E-state index < -0.39 is 11.8 Å². The molecule has 0 bridgehead atoms. The van der Waals surface area contributed by atoms with E-state index in [0.29, 0.717) is 23.0 Å². The molecular formula is C12H18N2O4S. The fourth-order valence-corrected chi connectivity index (χ4v) is 2.55. The summed E-state index contributed by atoms with van der Waals surface area (Å²) < 4.78 is 16.2. The number of hydrogen-bond acceptors (Lipinski definition) is 5. The molecule has 0 aromatic heterocycles. The van der Waals surface area contributed by atoms with Crippen LogP contribution in [-0.2, 0) is 19.0 Å². The van der Waals surface area contributed by atoms with Gasteiger partial charge in [-0.25, -0.2) is 4.79 Å². The van der Waals surface area contributed by atoms with Crippen molar-refractivity contribution in [3.8, 4) is 0 Å². The predicted molar refractivity (Wildman–Crippen MR) is 72.3 cm³/mol. The largest absolute Gasteiger partial charge is 0.466 e. The Morgan fingerprint density at radius 1 is 1.53 bits per heavy atom. The highest BCUT2D eigenvalue weighted by atomic mass is 32.1. The zero-order valence-electron chi connectivity index (χ0n) is 11.4. The summed E-state index contributed by atoms with van der Waals surface area (Å²) in [6.45, 7) is 5.84. The molecule has 0 aliphatic carbocycles. The van der Waals surface area contributed by atoms with Gasteiger partial charge >= 0.3 is 5.97 Å². The molecule has 2 aliphatic rings. The lowest BCUT2D eigenvalue weighted by Crippen LogP contribution is -2.55. The van der Waals surface area contributed by atoms with Crippen LogP contribution in [0.5, 0.6) is 0 Å². The van der Waals surface area contributed by atoms with Crippen LogP contribution in [0.3, 0.4) is 0 Å².